The average Bonchev–Trinajstić information content (AvgIpc) is 2.38. The molecule has 0 aromatic heterocycles. The lowest BCUT2D eigenvalue weighted by atomic mass is 9.92. The van der Waals surface area contributed by atoms with Crippen LogP contribution >= 0.6 is 0 Å². The van der Waals surface area contributed by atoms with Gasteiger partial charge in [-0.05, 0) is 38.5 Å². The van der Waals surface area contributed by atoms with Gasteiger partial charge in [-0.1, -0.05) is 19.3 Å². The first-order valence-electron chi connectivity index (χ1n) is 7.45. The third-order valence-electron chi connectivity index (χ3n) is 4.21. The molecule has 2 fully saturated rings. The van der Waals surface area contributed by atoms with Crippen LogP contribution in [0.3, 0.4) is 0 Å². The molecule has 2 saturated carbocycles. The maximum absolute atomic E-state index is 5.91. The van der Waals surface area contributed by atoms with Gasteiger partial charge in [0, 0.05) is 18.6 Å². The van der Waals surface area contributed by atoms with Crippen LogP contribution in [0.15, 0.2) is 0 Å². The molecule has 0 spiro atoms. The van der Waals surface area contributed by atoms with Gasteiger partial charge in [0.1, 0.15) is 0 Å². The van der Waals surface area contributed by atoms with Gasteiger partial charge in [0.25, 0.3) is 0 Å². The van der Waals surface area contributed by atoms with E-state index in [1.165, 1.54) is 57.8 Å². The van der Waals surface area contributed by atoms with E-state index in [2.05, 4.69) is 5.32 Å². The molecule has 0 atom stereocenters. The Labute approximate surface area is 105 Å². The Kier molecular flexibility index (Phi) is 5.75. The van der Waals surface area contributed by atoms with Gasteiger partial charge in [0.15, 0.2) is 0 Å². The molecule has 0 saturated heterocycles. The molecule has 0 aromatic rings. The highest BCUT2D eigenvalue weighted by Crippen LogP contribution is 2.20. The summed E-state index contributed by atoms with van der Waals surface area (Å²) in [6, 6.07) is 1.14. The van der Waals surface area contributed by atoms with E-state index in [1.807, 2.05) is 0 Å². The van der Waals surface area contributed by atoms with Gasteiger partial charge in [0.05, 0.1) is 12.7 Å². The molecule has 3 N–H and O–H groups in total. The van der Waals surface area contributed by atoms with E-state index in [0.29, 0.717) is 18.2 Å². The fraction of sp³-hybridized carbons (Fsp3) is 1.00. The van der Waals surface area contributed by atoms with Crippen molar-refractivity contribution in [2.75, 3.05) is 13.2 Å². The van der Waals surface area contributed by atoms with Gasteiger partial charge in [-0.25, -0.2) is 0 Å². The summed E-state index contributed by atoms with van der Waals surface area (Å²) < 4.78 is 5.91. The smallest absolute Gasteiger partial charge is 0.0594 e. The molecule has 0 amide bonds. The van der Waals surface area contributed by atoms with Crippen LogP contribution in [0.1, 0.15) is 57.8 Å². The van der Waals surface area contributed by atoms with E-state index in [1.54, 1.807) is 0 Å². The third kappa shape index (κ3) is 4.94. The lowest BCUT2D eigenvalue weighted by molar-refractivity contribution is 0.0289. The van der Waals surface area contributed by atoms with E-state index >= 15 is 0 Å². The van der Waals surface area contributed by atoms with Crippen molar-refractivity contribution < 1.29 is 4.74 Å². The normalized spacial score (nSPS) is 31.6. The Balaban J connectivity index is 1.48. The fourth-order valence-electron chi connectivity index (χ4n) is 3.04. The highest BCUT2D eigenvalue weighted by atomic mass is 16.5. The SMILES string of the molecule is NC1CCC(NCCOC2CCCCC2)CC1. The van der Waals surface area contributed by atoms with Crippen molar-refractivity contribution >= 4 is 0 Å². The summed E-state index contributed by atoms with van der Waals surface area (Å²) >= 11 is 0. The zero-order valence-corrected chi connectivity index (χ0v) is 11.0. The third-order valence-corrected chi connectivity index (χ3v) is 4.21. The predicted molar refractivity (Wildman–Crippen MR) is 71.1 cm³/mol. The molecule has 0 aromatic carbocycles. The first kappa shape index (κ1) is 13.3. The predicted octanol–water partition coefficient (Wildman–Crippen LogP) is 2.20. The van der Waals surface area contributed by atoms with Crippen molar-refractivity contribution in [1.29, 1.82) is 0 Å². The fourth-order valence-corrected chi connectivity index (χ4v) is 3.04. The molecule has 100 valence electrons. The molecule has 2 aliphatic carbocycles. The summed E-state index contributed by atoms with van der Waals surface area (Å²) in [5.74, 6) is 0. The largest absolute Gasteiger partial charge is 0.377 e. The molecule has 2 aliphatic rings. The lowest BCUT2D eigenvalue weighted by Crippen LogP contribution is -2.39. The zero-order chi connectivity index (χ0) is 11.9. The Hall–Kier alpha value is -0.120. The molecule has 3 heteroatoms. The van der Waals surface area contributed by atoms with Crippen molar-refractivity contribution in [1.82, 2.24) is 5.32 Å². The van der Waals surface area contributed by atoms with Crippen LogP contribution in [0.2, 0.25) is 0 Å². The first-order valence-corrected chi connectivity index (χ1v) is 7.45. The molecule has 0 heterocycles. The van der Waals surface area contributed by atoms with Crippen LogP contribution in [0, 0.1) is 0 Å². The van der Waals surface area contributed by atoms with Crippen LogP contribution in [-0.4, -0.2) is 31.3 Å². The summed E-state index contributed by atoms with van der Waals surface area (Å²) in [5, 5.41) is 3.60. The number of nitrogens with one attached hydrogen (secondary N) is 1. The highest BCUT2D eigenvalue weighted by Gasteiger charge is 2.18. The molecule has 0 radical (unpaired) electrons. The second kappa shape index (κ2) is 7.34. The van der Waals surface area contributed by atoms with Crippen LogP contribution in [-0.2, 0) is 4.74 Å². The van der Waals surface area contributed by atoms with Gasteiger partial charge < -0.3 is 15.8 Å². The van der Waals surface area contributed by atoms with E-state index < -0.39 is 0 Å². The molecular weight excluding hydrogens is 212 g/mol. The van der Waals surface area contributed by atoms with Crippen molar-refractivity contribution in [2.45, 2.75) is 76.0 Å². The Morgan fingerprint density at radius 1 is 0.941 bits per heavy atom. The van der Waals surface area contributed by atoms with Gasteiger partial charge >= 0.3 is 0 Å². The van der Waals surface area contributed by atoms with E-state index in [9.17, 15) is 0 Å². The Bertz CT molecular complexity index is 196. The van der Waals surface area contributed by atoms with Crippen molar-refractivity contribution in [3.63, 3.8) is 0 Å². The summed E-state index contributed by atoms with van der Waals surface area (Å²) in [5.41, 5.74) is 5.90. The van der Waals surface area contributed by atoms with Gasteiger partial charge in [-0.2, -0.15) is 0 Å². The lowest BCUT2D eigenvalue weighted by Gasteiger charge is -2.27. The van der Waals surface area contributed by atoms with Crippen molar-refractivity contribution in [3.8, 4) is 0 Å². The number of rotatable bonds is 5. The number of nitrogens with two attached hydrogens (primary N) is 1. The zero-order valence-electron chi connectivity index (χ0n) is 11.0. The van der Waals surface area contributed by atoms with Crippen molar-refractivity contribution in [3.05, 3.63) is 0 Å². The van der Waals surface area contributed by atoms with Gasteiger partial charge in [0.2, 0.25) is 0 Å². The van der Waals surface area contributed by atoms with E-state index in [-0.39, 0.29) is 0 Å². The topological polar surface area (TPSA) is 47.3 Å². The maximum atomic E-state index is 5.91. The van der Waals surface area contributed by atoms with Crippen LogP contribution in [0.4, 0.5) is 0 Å². The second-order valence-electron chi connectivity index (χ2n) is 5.70. The number of hydrogen-bond acceptors (Lipinski definition) is 3. The van der Waals surface area contributed by atoms with Gasteiger partial charge in [-0.3, -0.25) is 0 Å². The molecule has 0 aliphatic heterocycles. The molecule has 0 unspecified atom stereocenters. The number of hydrogen-bond donors (Lipinski definition) is 2. The average molecular weight is 240 g/mol. The summed E-state index contributed by atoms with van der Waals surface area (Å²) in [7, 11) is 0. The molecule has 2 rings (SSSR count). The Morgan fingerprint density at radius 3 is 2.35 bits per heavy atom. The maximum Gasteiger partial charge on any atom is 0.0594 e. The minimum Gasteiger partial charge on any atom is -0.377 e. The van der Waals surface area contributed by atoms with Crippen LogP contribution in [0.25, 0.3) is 0 Å². The van der Waals surface area contributed by atoms with Crippen LogP contribution in [0.5, 0.6) is 0 Å². The van der Waals surface area contributed by atoms with E-state index in [0.717, 1.165) is 13.2 Å². The quantitative estimate of drug-likeness (QED) is 0.724. The minimum absolute atomic E-state index is 0.450. The van der Waals surface area contributed by atoms with Gasteiger partial charge in [-0.15, -0.1) is 0 Å². The highest BCUT2D eigenvalue weighted by molar-refractivity contribution is 4.78. The summed E-state index contributed by atoms with van der Waals surface area (Å²) in [6.45, 7) is 1.89. The monoisotopic (exact) mass is 240 g/mol. The van der Waals surface area contributed by atoms with Crippen molar-refractivity contribution in [2.24, 2.45) is 5.73 Å². The van der Waals surface area contributed by atoms with E-state index in [4.69, 9.17) is 10.5 Å². The first-order chi connectivity index (χ1) is 8.34. The summed E-state index contributed by atoms with van der Waals surface area (Å²) in [6.07, 6.45) is 12.1. The molecule has 0 bridgehead atoms. The minimum atomic E-state index is 0.450. The molecular formula is C14H28N2O. The molecule has 17 heavy (non-hydrogen) atoms. The standard InChI is InChI=1S/C14H28N2O/c15-12-6-8-13(9-7-12)16-10-11-17-14-4-2-1-3-5-14/h12-14,16H,1-11,15H2. The number of ether oxygens (including phenoxy) is 1. The Morgan fingerprint density at radius 2 is 1.65 bits per heavy atom. The second-order valence-corrected chi connectivity index (χ2v) is 5.70. The van der Waals surface area contributed by atoms with Crippen LogP contribution < -0.4 is 11.1 Å². The summed E-state index contributed by atoms with van der Waals surface area (Å²) in [4.78, 5) is 0. The molecule has 3 nitrogen and oxygen atoms in total.